The summed E-state index contributed by atoms with van der Waals surface area (Å²) in [6.45, 7) is 1.71. The quantitative estimate of drug-likeness (QED) is 0.565. The van der Waals surface area contributed by atoms with Crippen molar-refractivity contribution in [1.82, 2.24) is 9.59 Å². The zero-order valence-corrected chi connectivity index (χ0v) is 8.53. The Hall–Kier alpha value is -0.370. The van der Waals surface area contributed by atoms with Crippen LogP contribution in [0.5, 0.6) is 0 Å². The summed E-state index contributed by atoms with van der Waals surface area (Å²) in [4.78, 5) is 0. The van der Waals surface area contributed by atoms with Crippen molar-refractivity contribution in [3.8, 4) is 0 Å². The van der Waals surface area contributed by atoms with E-state index in [4.69, 9.17) is 10.6 Å². The maximum Gasteiger partial charge on any atom is 0.148 e. The highest BCUT2D eigenvalue weighted by atomic mass is 32.2. The number of rotatable bonds is 4. The maximum absolute atomic E-state index is 5.29. The summed E-state index contributed by atoms with van der Waals surface area (Å²) < 4.78 is 8.89. The van der Waals surface area contributed by atoms with Gasteiger partial charge in [0.05, 0.1) is 18.5 Å². The number of nitrogens with one attached hydrogen (secondary N) is 1. The van der Waals surface area contributed by atoms with E-state index >= 15 is 0 Å². The third-order valence-corrected chi connectivity index (χ3v) is 3.63. The third kappa shape index (κ3) is 2.11. The number of thioether (sulfide) groups is 1. The molecule has 0 bridgehead atoms. The minimum Gasteiger partial charge on any atom is -0.379 e. The van der Waals surface area contributed by atoms with E-state index in [0.29, 0.717) is 5.25 Å². The lowest BCUT2D eigenvalue weighted by molar-refractivity contribution is 0.0455. The Morgan fingerprint density at radius 2 is 2.54 bits per heavy atom. The van der Waals surface area contributed by atoms with Crippen LogP contribution < -0.4 is 11.3 Å². The second kappa shape index (κ2) is 4.23. The molecule has 1 aliphatic heterocycles. The van der Waals surface area contributed by atoms with Crippen molar-refractivity contribution in [3.63, 3.8) is 0 Å². The van der Waals surface area contributed by atoms with E-state index in [1.807, 2.05) is 11.8 Å². The Kier molecular flexibility index (Phi) is 2.99. The number of hydrazine groups is 1. The zero-order valence-electron chi connectivity index (χ0n) is 6.90. The van der Waals surface area contributed by atoms with Crippen molar-refractivity contribution in [2.45, 2.75) is 11.0 Å². The van der Waals surface area contributed by atoms with Crippen LogP contribution in [-0.2, 0) is 10.5 Å². The number of nitrogen functional groups attached to an aromatic ring is 1. The van der Waals surface area contributed by atoms with Crippen LogP contribution in [0, 0.1) is 0 Å². The van der Waals surface area contributed by atoms with Gasteiger partial charge in [0.2, 0.25) is 0 Å². The van der Waals surface area contributed by atoms with E-state index in [2.05, 4.69) is 15.0 Å². The van der Waals surface area contributed by atoms with Crippen LogP contribution in [0.15, 0.2) is 0 Å². The van der Waals surface area contributed by atoms with Crippen LogP contribution in [-0.4, -0.2) is 28.1 Å². The molecule has 7 heteroatoms. The summed E-state index contributed by atoms with van der Waals surface area (Å²) in [5.74, 6) is 6.15. The molecule has 0 aliphatic carbocycles. The Balaban J connectivity index is 1.85. The van der Waals surface area contributed by atoms with Gasteiger partial charge < -0.3 is 10.2 Å². The van der Waals surface area contributed by atoms with Crippen LogP contribution in [0.2, 0.25) is 0 Å². The molecule has 0 saturated carbocycles. The molecule has 0 radical (unpaired) electrons. The summed E-state index contributed by atoms with van der Waals surface area (Å²) >= 11 is 3.12. The number of hydrogen-bond donors (Lipinski definition) is 2. The Morgan fingerprint density at radius 3 is 3.15 bits per heavy atom. The standard InChI is InChI=1S/C6H10N4OS2/c7-8-6-5(9-10-13-6)3-12-4-1-11-2-4/h4,8H,1-3,7H2. The fourth-order valence-electron chi connectivity index (χ4n) is 0.920. The molecule has 0 amide bonds. The van der Waals surface area contributed by atoms with Gasteiger partial charge in [0.25, 0.3) is 0 Å². The van der Waals surface area contributed by atoms with Gasteiger partial charge >= 0.3 is 0 Å². The zero-order chi connectivity index (χ0) is 9.10. The van der Waals surface area contributed by atoms with Crippen LogP contribution in [0.3, 0.4) is 0 Å². The lowest BCUT2D eigenvalue weighted by Gasteiger charge is -2.24. The maximum atomic E-state index is 5.29. The van der Waals surface area contributed by atoms with E-state index in [1.54, 1.807) is 0 Å². The molecule has 1 aromatic rings. The molecule has 2 rings (SSSR count). The van der Waals surface area contributed by atoms with Crippen molar-refractivity contribution in [3.05, 3.63) is 5.69 Å². The van der Waals surface area contributed by atoms with E-state index in [-0.39, 0.29) is 0 Å². The Bertz CT molecular complexity index is 275. The highest BCUT2D eigenvalue weighted by molar-refractivity contribution is 7.99. The molecule has 1 saturated heterocycles. The minimum atomic E-state index is 0.618. The molecule has 0 atom stereocenters. The summed E-state index contributed by atoms with van der Waals surface area (Å²) in [5, 5.41) is 5.45. The fraction of sp³-hybridized carbons (Fsp3) is 0.667. The number of hydrogen-bond acceptors (Lipinski definition) is 7. The number of ether oxygens (including phenoxy) is 1. The van der Waals surface area contributed by atoms with Crippen molar-refractivity contribution in [2.75, 3.05) is 18.6 Å². The minimum absolute atomic E-state index is 0.618. The van der Waals surface area contributed by atoms with Crippen LogP contribution in [0.4, 0.5) is 5.00 Å². The van der Waals surface area contributed by atoms with Gasteiger partial charge in [-0.05, 0) is 0 Å². The first-order valence-corrected chi connectivity index (χ1v) is 5.69. The van der Waals surface area contributed by atoms with Gasteiger partial charge in [0.15, 0.2) is 0 Å². The topological polar surface area (TPSA) is 73.1 Å². The first-order chi connectivity index (χ1) is 6.40. The van der Waals surface area contributed by atoms with Crippen LogP contribution in [0.1, 0.15) is 5.69 Å². The Morgan fingerprint density at radius 1 is 1.69 bits per heavy atom. The molecule has 0 aromatic carbocycles. The molecule has 0 spiro atoms. The average molecular weight is 218 g/mol. The van der Waals surface area contributed by atoms with Gasteiger partial charge in [-0.3, -0.25) is 0 Å². The molecular weight excluding hydrogens is 208 g/mol. The lowest BCUT2D eigenvalue weighted by Crippen LogP contribution is -2.30. The highest BCUT2D eigenvalue weighted by Gasteiger charge is 2.19. The third-order valence-electron chi connectivity index (χ3n) is 1.75. The Labute approximate surface area is 84.2 Å². The molecule has 5 nitrogen and oxygen atoms in total. The number of anilines is 1. The molecule has 2 heterocycles. The molecule has 1 aromatic heterocycles. The summed E-state index contributed by atoms with van der Waals surface area (Å²) in [5.41, 5.74) is 3.52. The summed E-state index contributed by atoms with van der Waals surface area (Å²) in [6.07, 6.45) is 0. The second-order valence-corrected chi connectivity index (χ2v) is 4.71. The molecule has 72 valence electrons. The van der Waals surface area contributed by atoms with E-state index < -0.39 is 0 Å². The first kappa shape index (κ1) is 9.20. The number of aromatic nitrogens is 2. The van der Waals surface area contributed by atoms with Gasteiger partial charge in [0.1, 0.15) is 10.7 Å². The normalized spacial score (nSPS) is 17.0. The highest BCUT2D eigenvalue weighted by Crippen LogP contribution is 2.26. The molecule has 1 fully saturated rings. The van der Waals surface area contributed by atoms with E-state index in [1.165, 1.54) is 11.5 Å². The van der Waals surface area contributed by atoms with Crippen LogP contribution in [0.25, 0.3) is 0 Å². The fourth-order valence-corrected chi connectivity index (χ4v) is 2.48. The predicted molar refractivity (Wildman–Crippen MR) is 53.6 cm³/mol. The second-order valence-electron chi connectivity index (χ2n) is 2.66. The van der Waals surface area contributed by atoms with Crippen molar-refractivity contribution < 1.29 is 4.74 Å². The van der Waals surface area contributed by atoms with Crippen molar-refractivity contribution >= 4 is 28.3 Å². The predicted octanol–water partition coefficient (Wildman–Crippen LogP) is 0.456. The van der Waals surface area contributed by atoms with E-state index in [0.717, 1.165) is 29.7 Å². The van der Waals surface area contributed by atoms with Crippen LogP contribution >= 0.6 is 23.3 Å². The van der Waals surface area contributed by atoms with Gasteiger partial charge in [-0.15, -0.1) is 16.9 Å². The monoisotopic (exact) mass is 218 g/mol. The number of nitrogens with two attached hydrogens (primary N) is 1. The first-order valence-electron chi connectivity index (χ1n) is 3.87. The van der Waals surface area contributed by atoms with Gasteiger partial charge in [0, 0.05) is 17.3 Å². The lowest BCUT2D eigenvalue weighted by atomic mass is 10.4. The summed E-state index contributed by atoms with van der Waals surface area (Å²) in [6, 6.07) is 0. The average Bonchev–Trinajstić information content (AvgIpc) is 2.49. The molecule has 1 aliphatic rings. The van der Waals surface area contributed by atoms with Crippen molar-refractivity contribution in [1.29, 1.82) is 0 Å². The molecule has 13 heavy (non-hydrogen) atoms. The van der Waals surface area contributed by atoms with E-state index in [9.17, 15) is 0 Å². The van der Waals surface area contributed by atoms with Gasteiger partial charge in [-0.25, -0.2) is 5.84 Å². The molecular formula is C6H10N4OS2. The summed E-state index contributed by atoms with van der Waals surface area (Å²) in [7, 11) is 0. The number of nitrogens with zero attached hydrogens (tertiary/aromatic N) is 2. The smallest absolute Gasteiger partial charge is 0.148 e. The van der Waals surface area contributed by atoms with Gasteiger partial charge in [-0.2, -0.15) is 0 Å². The SMILES string of the molecule is NNc1snnc1CSC1COC1. The van der Waals surface area contributed by atoms with Crippen molar-refractivity contribution in [2.24, 2.45) is 5.84 Å². The molecule has 0 unspecified atom stereocenters. The largest absolute Gasteiger partial charge is 0.379 e. The molecule has 3 N–H and O–H groups in total. The van der Waals surface area contributed by atoms with Gasteiger partial charge in [-0.1, -0.05) is 4.49 Å².